The molecule has 2 aliphatic rings. The lowest BCUT2D eigenvalue weighted by Crippen LogP contribution is -2.47. The molecule has 0 saturated carbocycles. The van der Waals surface area contributed by atoms with Crippen LogP contribution in [0.25, 0.3) is 0 Å². The zero-order valence-corrected chi connectivity index (χ0v) is 17.5. The minimum absolute atomic E-state index is 0.194. The SMILES string of the molecule is CC(=O)NCC1CN(c2ccc(N3CCN(c4cncnc4C)CC3)c(F)c2)C(=O)O1. The summed E-state index contributed by atoms with van der Waals surface area (Å²) in [5.74, 6) is -0.580. The van der Waals surface area contributed by atoms with Crippen molar-refractivity contribution in [3.8, 4) is 0 Å². The largest absolute Gasteiger partial charge is 0.442 e. The van der Waals surface area contributed by atoms with Gasteiger partial charge in [0.15, 0.2) is 0 Å². The first kappa shape index (κ1) is 20.8. The number of halogens is 1. The van der Waals surface area contributed by atoms with Crippen LogP contribution in [0, 0.1) is 12.7 Å². The third-order valence-corrected chi connectivity index (χ3v) is 5.54. The fraction of sp³-hybridized carbons (Fsp3) is 0.429. The van der Waals surface area contributed by atoms with E-state index in [4.69, 9.17) is 4.74 Å². The summed E-state index contributed by atoms with van der Waals surface area (Å²) in [6.07, 6.45) is 2.33. The van der Waals surface area contributed by atoms with E-state index in [2.05, 4.69) is 20.2 Å². The van der Waals surface area contributed by atoms with Crippen molar-refractivity contribution in [1.29, 1.82) is 0 Å². The zero-order valence-electron chi connectivity index (χ0n) is 17.5. The number of piperazine rings is 1. The smallest absolute Gasteiger partial charge is 0.414 e. The normalized spacial score (nSPS) is 18.9. The fourth-order valence-corrected chi connectivity index (χ4v) is 3.90. The van der Waals surface area contributed by atoms with Crippen LogP contribution >= 0.6 is 0 Å². The molecule has 1 atom stereocenters. The standard InChI is InChI=1S/C21H25FN6O3/c1-14-20(11-23-13-25-14)27-7-5-26(6-8-27)19-4-3-16(9-18(19)22)28-12-17(31-21(28)30)10-24-15(2)29/h3-4,9,11,13,17H,5-8,10,12H2,1-2H3,(H,24,29). The summed E-state index contributed by atoms with van der Waals surface area (Å²) in [4.78, 5) is 37.1. The number of benzene rings is 1. The van der Waals surface area contributed by atoms with Gasteiger partial charge in [-0.2, -0.15) is 0 Å². The van der Waals surface area contributed by atoms with Gasteiger partial charge in [0.25, 0.3) is 0 Å². The predicted molar refractivity (Wildman–Crippen MR) is 114 cm³/mol. The van der Waals surface area contributed by atoms with Gasteiger partial charge in [-0.1, -0.05) is 0 Å². The van der Waals surface area contributed by atoms with Gasteiger partial charge in [0.05, 0.1) is 42.0 Å². The molecule has 2 saturated heterocycles. The second kappa shape index (κ2) is 8.75. The number of anilines is 3. The zero-order chi connectivity index (χ0) is 22.0. The Hall–Kier alpha value is -3.43. The number of nitrogens with zero attached hydrogens (tertiary/aromatic N) is 5. The molecular formula is C21H25FN6O3. The van der Waals surface area contributed by atoms with E-state index < -0.39 is 12.2 Å². The topological polar surface area (TPSA) is 90.9 Å². The molecule has 1 aromatic carbocycles. The van der Waals surface area contributed by atoms with Gasteiger partial charge in [-0.05, 0) is 25.1 Å². The Labute approximate surface area is 179 Å². The lowest BCUT2D eigenvalue weighted by atomic mass is 10.2. The molecule has 2 amide bonds. The third-order valence-electron chi connectivity index (χ3n) is 5.54. The van der Waals surface area contributed by atoms with Crippen LogP contribution in [-0.4, -0.2) is 67.3 Å². The number of carbonyl (C=O) groups is 2. The van der Waals surface area contributed by atoms with Crippen molar-refractivity contribution in [2.75, 3.05) is 54.0 Å². The van der Waals surface area contributed by atoms with Gasteiger partial charge < -0.3 is 19.9 Å². The van der Waals surface area contributed by atoms with E-state index in [1.807, 2.05) is 18.0 Å². The van der Waals surface area contributed by atoms with E-state index in [9.17, 15) is 14.0 Å². The van der Waals surface area contributed by atoms with Crippen LogP contribution in [0.5, 0.6) is 0 Å². The highest BCUT2D eigenvalue weighted by atomic mass is 19.1. The fourth-order valence-electron chi connectivity index (χ4n) is 3.90. The molecule has 3 heterocycles. The van der Waals surface area contributed by atoms with Crippen LogP contribution in [0.3, 0.4) is 0 Å². The number of carbonyl (C=O) groups excluding carboxylic acids is 2. The first-order valence-corrected chi connectivity index (χ1v) is 10.2. The van der Waals surface area contributed by atoms with Crippen LogP contribution in [-0.2, 0) is 9.53 Å². The number of rotatable bonds is 5. The van der Waals surface area contributed by atoms with Crippen molar-refractivity contribution in [2.24, 2.45) is 0 Å². The van der Waals surface area contributed by atoms with Crippen molar-refractivity contribution < 1.29 is 18.7 Å². The summed E-state index contributed by atoms with van der Waals surface area (Å²) in [5, 5.41) is 2.63. The van der Waals surface area contributed by atoms with E-state index in [-0.39, 0.29) is 24.8 Å². The number of amides is 2. The number of cyclic esters (lactones) is 1. The molecule has 0 aliphatic carbocycles. The van der Waals surface area contributed by atoms with E-state index >= 15 is 0 Å². The van der Waals surface area contributed by atoms with E-state index in [1.165, 1.54) is 24.2 Å². The number of aromatic nitrogens is 2. The Morgan fingerprint density at radius 2 is 1.94 bits per heavy atom. The molecule has 2 aromatic rings. The first-order valence-electron chi connectivity index (χ1n) is 10.2. The lowest BCUT2D eigenvalue weighted by Gasteiger charge is -2.37. The first-order chi connectivity index (χ1) is 14.9. The van der Waals surface area contributed by atoms with Gasteiger partial charge in [-0.3, -0.25) is 9.69 Å². The molecule has 0 radical (unpaired) electrons. The summed E-state index contributed by atoms with van der Waals surface area (Å²) in [7, 11) is 0. The van der Waals surface area contributed by atoms with E-state index in [0.29, 0.717) is 24.5 Å². The van der Waals surface area contributed by atoms with Crippen molar-refractivity contribution in [1.82, 2.24) is 15.3 Å². The Morgan fingerprint density at radius 1 is 1.23 bits per heavy atom. The minimum atomic E-state index is -0.545. The molecule has 0 bridgehead atoms. The number of aryl methyl sites for hydroxylation is 1. The highest BCUT2D eigenvalue weighted by Gasteiger charge is 2.33. The lowest BCUT2D eigenvalue weighted by molar-refractivity contribution is -0.119. The minimum Gasteiger partial charge on any atom is -0.442 e. The molecule has 1 aromatic heterocycles. The maximum absolute atomic E-state index is 14.9. The van der Waals surface area contributed by atoms with Gasteiger partial charge in [0, 0.05) is 33.1 Å². The van der Waals surface area contributed by atoms with Gasteiger partial charge in [0.1, 0.15) is 18.2 Å². The maximum atomic E-state index is 14.9. The van der Waals surface area contributed by atoms with Gasteiger partial charge >= 0.3 is 6.09 Å². The number of nitrogens with one attached hydrogen (secondary N) is 1. The predicted octanol–water partition coefficient (Wildman–Crippen LogP) is 1.71. The summed E-state index contributed by atoms with van der Waals surface area (Å²) >= 11 is 0. The molecule has 9 nitrogen and oxygen atoms in total. The number of ether oxygens (including phenoxy) is 1. The van der Waals surface area contributed by atoms with Crippen LogP contribution < -0.4 is 20.0 Å². The molecule has 1 unspecified atom stereocenters. The Kier molecular flexibility index (Phi) is 5.88. The molecule has 4 rings (SSSR count). The Bertz CT molecular complexity index is 979. The van der Waals surface area contributed by atoms with Crippen molar-refractivity contribution >= 4 is 29.1 Å². The van der Waals surface area contributed by atoms with Gasteiger partial charge in [-0.15, -0.1) is 0 Å². The van der Waals surface area contributed by atoms with Crippen LogP contribution in [0.2, 0.25) is 0 Å². The van der Waals surface area contributed by atoms with Crippen molar-refractivity contribution in [3.05, 3.63) is 42.2 Å². The van der Waals surface area contributed by atoms with Gasteiger partial charge in [0.2, 0.25) is 5.91 Å². The molecular weight excluding hydrogens is 403 g/mol. The second-order valence-electron chi connectivity index (χ2n) is 7.66. The molecule has 1 N–H and O–H groups in total. The molecule has 2 fully saturated rings. The Balaban J connectivity index is 1.40. The van der Waals surface area contributed by atoms with Crippen molar-refractivity contribution in [2.45, 2.75) is 20.0 Å². The average Bonchev–Trinajstić information content (AvgIpc) is 3.13. The average molecular weight is 428 g/mol. The number of hydrogen-bond acceptors (Lipinski definition) is 7. The van der Waals surface area contributed by atoms with Gasteiger partial charge in [-0.25, -0.2) is 19.2 Å². The maximum Gasteiger partial charge on any atom is 0.414 e. The quantitative estimate of drug-likeness (QED) is 0.775. The molecule has 164 valence electrons. The highest BCUT2D eigenvalue weighted by Crippen LogP contribution is 2.29. The Morgan fingerprint density at radius 3 is 2.58 bits per heavy atom. The second-order valence-corrected chi connectivity index (χ2v) is 7.66. The molecule has 2 aliphatic heterocycles. The monoisotopic (exact) mass is 428 g/mol. The summed E-state index contributed by atoms with van der Waals surface area (Å²) in [6.45, 7) is 6.63. The van der Waals surface area contributed by atoms with Crippen LogP contribution in [0.1, 0.15) is 12.6 Å². The summed E-state index contributed by atoms with van der Waals surface area (Å²) in [5.41, 5.74) is 2.87. The molecule has 10 heteroatoms. The van der Waals surface area contributed by atoms with Crippen LogP contribution in [0.15, 0.2) is 30.7 Å². The summed E-state index contributed by atoms with van der Waals surface area (Å²) in [6, 6.07) is 4.78. The molecule has 31 heavy (non-hydrogen) atoms. The molecule has 0 spiro atoms. The van der Waals surface area contributed by atoms with Crippen LogP contribution in [0.4, 0.5) is 26.2 Å². The van der Waals surface area contributed by atoms with Crippen molar-refractivity contribution in [3.63, 3.8) is 0 Å². The summed E-state index contributed by atoms with van der Waals surface area (Å²) < 4.78 is 20.2. The highest BCUT2D eigenvalue weighted by molar-refractivity contribution is 5.90. The van der Waals surface area contributed by atoms with E-state index in [1.54, 1.807) is 12.1 Å². The third kappa shape index (κ3) is 4.52. The van der Waals surface area contributed by atoms with E-state index in [0.717, 1.165) is 24.5 Å². The number of hydrogen-bond donors (Lipinski definition) is 1.